The summed E-state index contributed by atoms with van der Waals surface area (Å²) >= 11 is 1.15. The van der Waals surface area contributed by atoms with Crippen molar-refractivity contribution >= 4 is 32.3 Å². The quantitative estimate of drug-likeness (QED) is 0.506. The molecule has 0 radical (unpaired) electrons. The van der Waals surface area contributed by atoms with E-state index in [9.17, 15) is 13.2 Å². The van der Waals surface area contributed by atoms with Crippen LogP contribution >= 0.6 is 11.3 Å². The SMILES string of the molecule is CCCCOc1ccc(S(=O)(=O)Nc2scc(C)c2C(=O)OCC)cc1. The summed E-state index contributed by atoms with van der Waals surface area (Å²) in [5, 5.41) is 1.97. The number of aryl methyl sites for hydroxylation is 1. The van der Waals surface area contributed by atoms with Crippen molar-refractivity contribution in [2.45, 2.75) is 38.5 Å². The van der Waals surface area contributed by atoms with Crippen molar-refractivity contribution in [3.05, 3.63) is 40.8 Å². The second-order valence-corrected chi connectivity index (χ2v) is 8.18. The molecular weight excluding hydrogens is 374 g/mol. The van der Waals surface area contributed by atoms with Gasteiger partial charge in [-0.2, -0.15) is 0 Å². The second kappa shape index (κ2) is 9.05. The maximum Gasteiger partial charge on any atom is 0.341 e. The molecule has 0 saturated carbocycles. The van der Waals surface area contributed by atoms with E-state index in [0.717, 1.165) is 24.2 Å². The van der Waals surface area contributed by atoms with E-state index < -0.39 is 16.0 Å². The lowest BCUT2D eigenvalue weighted by atomic mass is 10.2. The minimum Gasteiger partial charge on any atom is -0.494 e. The van der Waals surface area contributed by atoms with Gasteiger partial charge in [0, 0.05) is 0 Å². The minimum absolute atomic E-state index is 0.0983. The van der Waals surface area contributed by atoms with Gasteiger partial charge in [0.25, 0.3) is 10.0 Å². The number of thiophene rings is 1. The molecule has 1 aromatic heterocycles. The molecule has 2 rings (SSSR count). The number of rotatable bonds is 9. The van der Waals surface area contributed by atoms with Gasteiger partial charge in [0.1, 0.15) is 10.8 Å². The van der Waals surface area contributed by atoms with Crippen molar-refractivity contribution in [2.75, 3.05) is 17.9 Å². The fraction of sp³-hybridized carbons (Fsp3) is 0.389. The summed E-state index contributed by atoms with van der Waals surface area (Å²) in [5.41, 5.74) is 0.922. The zero-order valence-corrected chi connectivity index (χ0v) is 16.7. The average Bonchev–Trinajstić information content (AvgIpc) is 2.95. The molecule has 0 aliphatic heterocycles. The summed E-state index contributed by atoms with van der Waals surface area (Å²) < 4.78 is 38.3. The van der Waals surface area contributed by atoms with Crippen LogP contribution in [0.5, 0.6) is 5.75 Å². The Morgan fingerprint density at radius 2 is 1.88 bits per heavy atom. The number of anilines is 1. The lowest BCUT2D eigenvalue weighted by Gasteiger charge is -2.10. The maximum atomic E-state index is 12.6. The molecule has 26 heavy (non-hydrogen) atoms. The van der Waals surface area contributed by atoms with Gasteiger partial charge in [-0.1, -0.05) is 13.3 Å². The van der Waals surface area contributed by atoms with Crippen LogP contribution in [-0.4, -0.2) is 27.6 Å². The van der Waals surface area contributed by atoms with E-state index in [0.29, 0.717) is 17.9 Å². The highest BCUT2D eigenvalue weighted by atomic mass is 32.2. The van der Waals surface area contributed by atoms with Gasteiger partial charge in [0.05, 0.1) is 23.7 Å². The van der Waals surface area contributed by atoms with E-state index in [1.807, 2.05) is 0 Å². The Bertz CT molecular complexity index is 841. The van der Waals surface area contributed by atoms with E-state index in [1.165, 1.54) is 12.1 Å². The van der Waals surface area contributed by atoms with Crippen LogP contribution in [0.25, 0.3) is 0 Å². The predicted octanol–water partition coefficient (Wildman–Crippen LogP) is 4.21. The number of hydrogen-bond donors (Lipinski definition) is 1. The van der Waals surface area contributed by atoms with Crippen molar-refractivity contribution in [3.8, 4) is 5.75 Å². The molecule has 0 atom stereocenters. The summed E-state index contributed by atoms with van der Waals surface area (Å²) in [6.45, 7) is 6.33. The van der Waals surface area contributed by atoms with E-state index >= 15 is 0 Å². The standard InChI is InChI=1S/C18H23NO5S2/c1-4-6-11-24-14-7-9-15(10-8-14)26(21,22)19-17-16(13(3)12-25-17)18(20)23-5-2/h7-10,12,19H,4-6,11H2,1-3H3. The summed E-state index contributed by atoms with van der Waals surface area (Å²) in [4.78, 5) is 12.2. The van der Waals surface area contributed by atoms with Crippen LogP contribution in [0.15, 0.2) is 34.5 Å². The number of nitrogens with one attached hydrogen (secondary N) is 1. The number of benzene rings is 1. The van der Waals surface area contributed by atoms with Gasteiger partial charge >= 0.3 is 5.97 Å². The van der Waals surface area contributed by atoms with Crippen LogP contribution in [0.1, 0.15) is 42.6 Å². The van der Waals surface area contributed by atoms with Crippen molar-refractivity contribution in [1.29, 1.82) is 0 Å². The Hall–Kier alpha value is -2.06. The molecule has 8 heteroatoms. The Kier molecular flexibility index (Phi) is 7.05. The van der Waals surface area contributed by atoms with Gasteiger partial charge in [-0.25, -0.2) is 13.2 Å². The topological polar surface area (TPSA) is 81.7 Å². The lowest BCUT2D eigenvalue weighted by molar-refractivity contribution is 0.0527. The molecule has 2 aromatic rings. The monoisotopic (exact) mass is 397 g/mol. The van der Waals surface area contributed by atoms with E-state index in [1.54, 1.807) is 31.4 Å². The second-order valence-electron chi connectivity index (χ2n) is 5.62. The van der Waals surface area contributed by atoms with Crippen LogP contribution in [0.2, 0.25) is 0 Å². The molecule has 6 nitrogen and oxygen atoms in total. The Labute approximate surface area is 158 Å². The number of unbranched alkanes of at least 4 members (excludes halogenated alkanes) is 1. The van der Waals surface area contributed by atoms with Crippen LogP contribution < -0.4 is 9.46 Å². The van der Waals surface area contributed by atoms with E-state index in [4.69, 9.17) is 9.47 Å². The van der Waals surface area contributed by atoms with Gasteiger partial charge in [0.15, 0.2) is 0 Å². The fourth-order valence-electron chi connectivity index (χ4n) is 2.21. The first kappa shape index (κ1) is 20.3. The largest absolute Gasteiger partial charge is 0.494 e. The van der Waals surface area contributed by atoms with E-state index in [-0.39, 0.29) is 22.1 Å². The number of hydrogen-bond acceptors (Lipinski definition) is 6. The molecular formula is C18H23NO5S2. The number of carbonyl (C=O) groups is 1. The van der Waals surface area contributed by atoms with Gasteiger partial charge in [0.2, 0.25) is 0 Å². The summed E-state index contributed by atoms with van der Waals surface area (Å²) in [6, 6.07) is 6.20. The number of carbonyl (C=O) groups excluding carboxylic acids is 1. The Morgan fingerprint density at radius 1 is 1.19 bits per heavy atom. The molecule has 0 unspecified atom stereocenters. The number of sulfonamides is 1. The first-order valence-electron chi connectivity index (χ1n) is 8.40. The van der Waals surface area contributed by atoms with Crippen molar-refractivity contribution in [1.82, 2.24) is 0 Å². The molecule has 1 aromatic carbocycles. The normalized spacial score (nSPS) is 11.2. The first-order chi connectivity index (χ1) is 12.4. The van der Waals surface area contributed by atoms with E-state index in [2.05, 4.69) is 11.6 Å². The molecule has 1 N–H and O–H groups in total. The Morgan fingerprint density at radius 3 is 2.50 bits per heavy atom. The molecule has 142 valence electrons. The maximum absolute atomic E-state index is 12.6. The average molecular weight is 398 g/mol. The van der Waals surface area contributed by atoms with Gasteiger partial charge in [-0.3, -0.25) is 4.72 Å². The van der Waals surface area contributed by atoms with Crippen molar-refractivity contribution in [3.63, 3.8) is 0 Å². The minimum atomic E-state index is -3.82. The zero-order valence-electron chi connectivity index (χ0n) is 15.1. The van der Waals surface area contributed by atoms with Crippen molar-refractivity contribution in [2.24, 2.45) is 0 Å². The number of ether oxygens (including phenoxy) is 2. The van der Waals surface area contributed by atoms with Crippen LogP contribution in [0.4, 0.5) is 5.00 Å². The fourth-order valence-corrected chi connectivity index (χ4v) is 4.46. The Balaban J connectivity index is 2.18. The molecule has 0 fully saturated rings. The molecule has 0 saturated heterocycles. The third-order valence-corrected chi connectivity index (χ3v) is 6.09. The molecule has 0 aliphatic carbocycles. The van der Waals surface area contributed by atoms with Gasteiger partial charge in [-0.05, 0) is 55.5 Å². The van der Waals surface area contributed by atoms with Gasteiger partial charge < -0.3 is 9.47 Å². The van der Waals surface area contributed by atoms with Gasteiger partial charge in [-0.15, -0.1) is 11.3 Å². The third kappa shape index (κ3) is 4.98. The molecule has 0 bridgehead atoms. The first-order valence-corrected chi connectivity index (χ1v) is 10.8. The highest BCUT2D eigenvalue weighted by Gasteiger charge is 2.23. The number of esters is 1. The van der Waals surface area contributed by atoms with Crippen LogP contribution in [0, 0.1) is 6.92 Å². The summed E-state index contributed by atoms with van der Waals surface area (Å²) in [5.74, 6) is 0.0835. The smallest absolute Gasteiger partial charge is 0.341 e. The molecule has 1 heterocycles. The molecule has 0 spiro atoms. The molecule has 0 aliphatic rings. The van der Waals surface area contributed by atoms with Crippen molar-refractivity contribution < 1.29 is 22.7 Å². The third-order valence-electron chi connectivity index (χ3n) is 3.58. The lowest BCUT2D eigenvalue weighted by Crippen LogP contribution is -2.15. The van der Waals surface area contributed by atoms with Crippen LogP contribution in [-0.2, 0) is 14.8 Å². The highest BCUT2D eigenvalue weighted by molar-refractivity contribution is 7.93. The zero-order chi connectivity index (χ0) is 19.2. The summed E-state index contributed by atoms with van der Waals surface area (Å²) in [6.07, 6.45) is 1.97. The van der Waals surface area contributed by atoms with Crippen LogP contribution in [0.3, 0.4) is 0 Å². The molecule has 0 amide bonds. The summed E-state index contributed by atoms with van der Waals surface area (Å²) in [7, 11) is -3.82. The highest BCUT2D eigenvalue weighted by Crippen LogP contribution is 2.31. The predicted molar refractivity (Wildman–Crippen MR) is 103 cm³/mol.